The van der Waals surface area contributed by atoms with Crippen molar-refractivity contribution in [2.45, 2.75) is 23.5 Å². The van der Waals surface area contributed by atoms with Crippen LogP contribution in [0.3, 0.4) is 0 Å². The van der Waals surface area contributed by atoms with Crippen LogP contribution in [0.1, 0.15) is 18.7 Å². The number of rotatable bonds is 1. The SMILES string of the molecule is COc1ccc2c(c1)S(=O)(=O)C(C)(C)c1snnc1-2. The maximum atomic E-state index is 12.8. The molecule has 1 aromatic carbocycles. The lowest BCUT2D eigenvalue weighted by Gasteiger charge is -2.29. The average Bonchev–Trinajstić information content (AvgIpc) is 2.86. The van der Waals surface area contributed by atoms with Gasteiger partial charge in [-0.25, -0.2) is 8.42 Å². The molecule has 0 amide bonds. The summed E-state index contributed by atoms with van der Waals surface area (Å²) in [7, 11) is -1.97. The fraction of sp³-hybridized carbons (Fsp3) is 0.333. The van der Waals surface area contributed by atoms with E-state index in [0.717, 1.165) is 11.5 Å². The zero-order valence-electron chi connectivity index (χ0n) is 10.7. The van der Waals surface area contributed by atoms with E-state index < -0.39 is 14.6 Å². The largest absolute Gasteiger partial charge is 0.497 e. The molecule has 1 aromatic heterocycles. The first-order valence-electron chi connectivity index (χ1n) is 5.65. The van der Waals surface area contributed by atoms with Gasteiger partial charge < -0.3 is 4.74 Å². The first kappa shape index (κ1) is 12.6. The highest BCUT2D eigenvalue weighted by Gasteiger charge is 2.47. The molecule has 0 unspecified atom stereocenters. The summed E-state index contributed by atoms with van der Waals surface area (Å²) in [6.07, 6.45) is 0. The highest BCUT2D eigenvalue weighted by molar-refractivity contribution is 7.92. The van der Waals surface area contributed by atoms with Gasteiger partial charge in [0, 0.05) is 5.56 Å². The Morgan fingerprint density at radius 1 is 1.32 bits per heavy atom. The van der Waals surface area contributed by atoms with E-state index in [4.69, 9.17) is 4.74 Å². The molecule has 2 heterocycles. The monoisotopic (exact) mass is 296 g/mol. The molecular formula is C12H12N2O3S2. The lowest BCUT2D eigenvalue weighted by molar-refractivity contribution is 0.413. The number of sulfone groups is 1. The van der Waals surface area contributed by atoms with Crippen LogP contribution >= 0.6 is 11.5 Å². The number of fused-ring (bicyclic) bond motifs is 3. The first-order chi connectivity index (χ1) is 8.89. The van der Waals surface area contributed by atoms with Crippen LogP contribution in [0, 0.1) is 0 Å². The Balaban J connectivity index is 2.43. The van der Waals surface area contributed by atoms with E-state index in [9.17, 15) is 8.42 Å². The van der Waals surface area contributed by atoms with Crippen molar-refractivity contribution < 1.29 is 13.2 Å². The van der Waals surface area contributed by atoms with E-state index in [0.29, 0.717) is 21.9 Å². The molecular weight excluding hydrogens is 284 g/mol. The standard InChI is InChI=1S/C12H12N2O3S2/c1-12(2)11-10(13-14-18-11)8-5-4-7(17-3)6-9(8)19(12,15)16/h4-6H,1-3H3. The smallest absolute Gasteiger partial charge is 0.189 e. The molecule has 0 aliphatic carbocycles. The highest BCUT2D eigenvalue weighted by Crippen LogP contribution is 2.49. The molecule has 0 radical (unpaired) electrons. The van der Waals surface area contributed by atoms with Gasteiger partial charge in [0.15, 0.2) is 9.84 Å². The molecule has 0 saturated carbocycles. The van der Waals surface area contributed by atoms with Crippen LogP contribution in [0.4, 0.5) is 0 Å². The van der Waals surface area contributed by atoms with Crippen molar-refractivity contribution >= 4 is 21.4 Å². The third-order valence-electron chi connectivity index (χ3n) is 3.44. The van der Waals surface area contributed by atoms with Crippen LogP contribution in [0.5, 0.6) is 5.75 Å². The summed E-state index contributed by atoms with van der Waals surface area (Å²) in [6, 6.07) is 5.01. The van der Waals surface area contributed by atoms with Crippen LogP contribution in [0.15, 0.2) is 23.1 Å². The van der Waals surface area contributed by atoms with Crippen molar-refractivity contribution in [3.05, 3.63) is 23.1 Å². The molecule has 0 bridgehead atoms. The molecule has 5 nitrogen and oxygen atoms in total. The Bertz CT molecular complexity index is 763. The Kier molecular flexibility index (Phi) is 2.49. The second-order valence-electron chi connectivity index (χ2n) is 4.83. The van der Waals surface area contributed by atoms with Crippen molar-refractivity contribution in [3.8, 4) is 17.0 Å². The van der Waals surface area contributed by atoms with Crippen molar-refractivity contribution in [1.29, 1.82) is 0 Å². The van der Waals surface area contributed by atoms with Crippen LogP contribution in [-0.2, 0) is 14.6 Å². The quantitative estimate of drug-likeness (QED) is 0.807. The van der Waals surface area contributed by atoms with Crippen molar-refractivity contribution in [3.63, 3.8) is 0 Å². The lowest BCUT2D eigenvalue weighted by atomic mass is 10.0. The molecule has 0 fully saturated rings. The molecule has 7 heteroatoms. The number of hydrogen-bond donors (Lipinski definition) is 0. The topological polar surface area (TPSA) is 69.2 Å². The van der Waals surface area contributed by atoms with Gasteiger partial charge in [-0.3, -0.25) is 0 Å². The van der Waals surface area contributed by atoms with Gasteiger partial charge in [-0.15, -0.1) is 5.10 Å². The van der Waals surface area contributed by atoms with E-state index in [2.05, 4.69) is 9.59 Å². The fourth-order valence-corrected chi connectivity index (χ4v) is 4.92. The number of benzene rings is 1. The molecule has 1 aliphatic rings. The van der Waals surface area contributed by atoms with Crippen LogP contribution in [0.25, 0.3) is 11.3 Å². The molecule has 100 valence electrons. The normalized spacial score (nSPS) is 18.5. The summed E-state index contributed by atoms with van der Waals surface area (Å²) >= 11 is 1.14. The second kappa shape index (κ2) is 3.77. The minimum Gasteiger partial charge on any atom is -0.497 e. The van der Waals surface area contributed by atoms with Crippen LogP contribution in [0.2, 0.25) is 0 Å². The van der Waals surface area contributed by atoms with E-state index >= 15 is 0 Å². The zero-order valence-corrected chi connectivity index (χ0v) is 12.3. The van der Waals surface area contributed by atoms with Gasteiger partial charge >= 0.3 is 0 Å². The Morgan fingerprint density at radius 2 is 2.05 bits per heavy atom. The summed E-state index contributed by atoms with van der Waals surface area (Å²) < 4.78 is 33.5. The average molecular weight is 296 g/mol. The second-order valence-corrected chi connectivity index (χ2v) is 8.05. The van der Waals surface area contributed by atoms with E-state index in [1.807, 2.05) is 0 Å². The van der Waals surface area contributed by atoms with Gasteiger partial charge in [0.2, 0.25) is 0 Å². The van der Waals surface area contributed by atoms with Gasteiger partial charge in [0.1, 0.15) is 16.2 Å². The molecule has 0 spiro atoms. The van der Waals surface area contributed by atoms with E-state index in [-0.39, 0.29) is 4.90 Å². The van der Waals surface area contributed by atoms with E-state index in [1.165, 1.54) is 7.11 Å². The minimum absolute atomic E-state index is 0.261. The van der Waals surface area contributed by atoms with Gasteiger partial charge in [-0.2, -0.15) is 0 Å². The number of aromatic nitrogens is 2. The Hall–Kier alpha value is -1.47. The molecule has 0 saturated heterocycles. The number of methoxy groups -OCH3 is 1. The summed E-state index contributed by atoms with van der Waals surface area (Å²) in [6.45, 7) is 3.37. The highest BCUT2D eigenvalue weighted by atomic mass is 32.2. The number of nitrogens with zero attached hydrogens (tertiary/aromatic N) is 2. The predicted octanol–water partition coefficient (Wildman–Crippen LogP) is 2.24. The summed E-state index contributed by atoms with van der Waals surface area (Å²) in [4.78, 5) is 0.946. The lowest BCUT2D eigenvalue weighted by Crippen LogP contribution is -2.32. The summed E-state index contributed by atoms with van der Waals surface area (Å²) in [5.41, 5.74) is 1.26. The molecule has 2 aromatic rings. The maximum absolute atomic E-state index is 12.8. The van der Waals surface area contributed by atoms with Gasteiger partial charge in [-0.1, -0.05) is 4.49 Å². The van der Waals surface area contributed by atoms with Crippen molar-refractivity contribution in [2.24, 2.45) is 0 Å². The Morgan fingerprint density at radius 3 is 2.74 bits per heavy atom. The molecule has 3 rings (SSSR count). The fourth-order valence-electron chi connectivity index (χ4n) is 2.21. The van der Waals surface area contributed by atoms with Gasteiger partial charge in [0.05, 0.1) is 16.9 Å². The first-order valence-corrected chi connectivity index (χ1v) is 7.91. The van der Waals surface area contributed by atoms with Gasteiger partial charge in [0.25, 0.3) is 0 Å². The van der Waals surface area contributed by atoms with E-state index in [1.54, 1.807) is 32.0 Å². The van der Waals surface area contributed by atoms with Crippen molar-refractivity contribution in [2.75, 3.05) is 7.11 Å². The number of hydrogen-bond acceptors (Lipinski definition) is 6. The third kappa shape index (κ3) is 1.48. The third-order valence-corrected chi connectivity index (χ3v) is 7.08. The zero-order chi connectivity index (χ0) is 13.8. The number of ether oxygens (including phenoxy) is 1. The van der Waals surface area contributed by atoms with Crippen LogP contribution in [-0.4, -0.2) is 25.1 Å². The van der Waals surface area contributed by atoms with Crippen LogP contribution < -0.4 is 4.74 Å². The summed E-state index contributed by atoms with van der Waals surface area (Å²) in [5, 5.41) is 4.08. The molecule has 0 N–H and O–H groups in total. The Labute approximate surface area is 115 Å². The van der Waals surface area contributed by atoms with Gasteiger partial charge in [-0.05, 0) is 43.6 Å². The van der Waals surface area contributed by atoms with Crippen molar-refractivity contribution in [1.82, 2.24) is 9.59 Å². The maximum Gasteiger partial charge on any atom is 0.189 e. The molecule has 0 atom stereocenters. The minimum atomic E-state index is -3.49. The predicted molar refractivity (Wildman–Crippen MR) is 72.1 cm³/mol. The molecule has 19 heavy (non-hydrogen) atoms. The summed E-state index contributed by atoms with van der Waals surface area (Å²) in [5.74, 6) is 0.518. The molecule has 1 aliphatic heterocycles.